The largest absolute Gasteiger partial charge is 0.504 e. The van der Waals surface area contributed by atoms with Crippen molar-refractivity contribution in [3.8, 4) is 11.5 Å². The third-order valence-corrected chi connectivity index (χ3v) is 3.63. The van der Waals surface area contributed by atoms with E-state index in [0.29, 0.717) is 24.4 Å². The van der Waals surface area contributed by atoms with Gasteiger partial charge in [0, 0.05) is 12.5 Å². The van der Waals surface area contributed by atoms with Crippen LogP contribution in [-0.2, 0) is 6.42 Å². The van der Waals surface area contributed by atoms with Gasteiger partial charge in [0.15, 0.2) is 11.5 Å². The second kappa shape index (κ2) is 5.52. The zero-order chi connectivity index (χ0) is 14.8. The standard InChI is InChI=1S/C16H17NO4/c18-13-4-1-10(9-14(13)19)5-7-17-16(20)12-6-8-21-15(12)11-2-3-11/h1,4,6,8-9,11,18-19H,2-3,5,7H2,(H,17,20). The predicted molar refractivity (Wildman–Crippen MR) is 76.5 cm³/mol. The van der Waals surface area contributed by atoms with Crippen LogP contribution in [0.15, 0.2) is 34.9 Å². The molecular weight excluding hydrogens is 270 g/mol. The molecule has 2 aromatic rings. The number of phenolic OH excluding ortho intramolecular Hbond substituents is 2. The van der Waals surface area contributed by atoms with Crippen LogP contribution in [0.4, 0.5) is 0 Å². The van der Waals surface area contributed by atoms with Crippen molar-refractivity contribution in [2.45, 2.75) is 25.2 Å². The van der Waals surface area contributed by atoms with E-state index in [1.165, 1.54) is 12.1 Å². The number of amides is 1. The summed E-state index contributed by atoms with van der Waals surface area (Å²) in [7, 11) is 0. The molecule has 21 heavy (non-hydrogen) atoms. The molecule has 0 radical (unpaired) electrons. The van der Waals surface area contributed by atoms with Gasteiger partial charge in [-0.2, -0.15) is 0 Å². The SMILES string of the molecule is O=C(NCCc1ccc(O)c(O)c1)c1ccoc1C1CC1. The highest BCUT2D eigenvalue weighted by Crippen LogP contribution is 2.42. The van der Waals surface area contributed by atoms with Gasteiger partial charge in [-0.15, -0.1) is 0 Å². The Kier molecular flexibility index (Phi) is 3.56. The molecule has 1 amide bonds. The Hall–Kier alpha value is -2.43. The van der Waals surface area contributed by atoms with Crippen molar-refractivity contribution in [1.82, 2.24) is 5.32 Å². The molecule has 5 nitrogen and oxygen atoms in total. The summed E-state index contributed by atoms with van der Waals surface area (Å²) in [4.78, 5) is 12.1. The molecule has 1 aromatic carbocycles. The molecule has 0 spiro atoms. The molecule has 0 unspecified atom stereocenters. The molecule has 3 N–H and O–H groups in total. The van der Waals surface area contributed by atoms with E-state index in [4.69, 9.17) is 4.42 Å². The number of hydrogen-bond acceptors (Lipinski definition) is 4. The maximum Gasteiger partial charge on any atom is 0.254 e. The van der Waals surface area contributed by atoms with Crippen molar-refractivity contribution in [1.29, 1.82) is 0 Å². The lowest BCUT2D eigenvalue weighted by atomic mass is 10.1. The molecule has 0 saturated heterocycles. The first kappa shape index (κ1) is 13.5. The number of phenols is 2. The molecule has 0 atom stereocenters. The Balaban J connectivity index is 1.56. The molecule has 1 heterocycles. The fourth-order valence-electron chi connectivity index (χ4n) is 2.31. The predicted octanol–water partition coefficient (Wildman–Crippen LogP) is 2.54. The maximum absolute atomic E-state index is 12.1. The molecule has 1 fully saturated rings. The average Bonchev–Trinajstić information content (AvgIpc) is 3.19. The first-order valence-electron chi connectivity index (χ1n) is 7.01. The normalized spacial score (nSPS) is 14.1. The van der Waals surface area contributed by atoms with Gasteiger partial charge >= 0.3 is 0 Å². The summed E-state index contributed by atoms with van der Waals surface area (Å²) in [5.74, 6) is 0.762. The second-order valence-electron chi connectivity index (χ2n) is 5.30. The van der Waals surface area contributed by atoms with Crippen molar-refractivity contribution in [3.63, 3.8) is 0 Å². The zero-order valence-electron chi connectivity index (χ0n) is 11.5. The van der Waals surface area contributed by atoms with Crippen molar-refractivity contribution in [2.75, 3.05) is 6.54 Å². The van der Waals surface area contributed by atoms with E-state index in [0.717, 1.165) is 24.2 Å². The van der Waals surface area contributed by atoms with Crippen LogP contribution < -0.4 is 5.32 Å². The van der Waals surface area contributed by atoms with Gasteiger partial charge in [-0.1, -0.05) is 6.07 Å². The third-order valence-electron chi connectivity index (χ3n) is 3.63. The van der Waals surface area contributed by atoms with Crippen molar-refractivity contribution in [2.24, 2.45) is 0 Å². The molecule has 1 aliphatic carbocycles. The molecule has 0 aliphatic heterocycles. The van der Waals surface area contributed by atoms with Gasteiger partial charge in [-0.3, -0.25) is 4.79 Å². The smallest absolute Gasteiger partial charge is 0.254 e. The van der Waals surface area contributed by atoms with Gasteiger partial charge in [-0.05, 0) is 43.0 Å². The number of carbonyl (C=O) groups excluding carboxylic acids is 1. The van der Waals surface area contributed by atoms with Crippen LogP contribution in [0.2, 0.25) is 0 Å². The fraction of sp³-hybridized carbons (Fsp3) is 0.312. The minimum atomic E-state index is -0.148. The van der Waals surface area contributed by atoms with Crippen LogP contribution in [0.1, 0.15) is 40.4 Å². The minimum Gasteiger partial charge on any atom is -0.504 e. The minimum absolute atomic E-state index is 0.131. The molecular formula is C16H17NO4. The summed E-state index contributed by atoms with van der Waals surface area (Å²) >= 11 is 0. The van der Waals surface area contributed by atoms with Crippen LogP contribution in [0.25, 0.3) is 0 Å². The lowest BCUT2D eigenvalue weighted by Gasteiger charge is -2.06. The summed E-state index contributed by atoms with van der Waals surface area (Å²) < 4.78 is 5.38. The van der Waals surface area contributed by atoms with Gasteiger partial charge in [0.25, 0.3) is 5.91 Å². The molecule has 1 aliphatic rings. The highest BCUT2D eigenvalue weighted by molar-refractivity contribution is 5.95. The first-order chi connectivity index (χ1) is 10.1. The van der Waals surface area contributed by atoms with E-state index in [1.54, 1.807) is 18.4 Å². The summed E-state index contributed by atoms with van der Waals surface area (Å²) in [5.41, 5.74) is 1.46. The van der Waals surface area contributed by atoms with E-state index in [-0.39, 0.29) is 17.4 Å². The first-order valence-corrected chi connectivity index (χ1v) is 7.01. The van der Waals surface area contributed by atoms with Crippen molar-refractivity contribution in [3.05, 3.63) is 47.4 Å². The summed E-state index contributed by atoms with van der Waals surface area (Å²) in [5, 5.41) is 21.5. The van der Waals surface area contributed by atoms with Crippen LogP contribution in [0.5, 0.6) is 11.5 Å². The number of furan rings is 1. The Morgan fingerprint density at radius 3 is 2.76 bits per heavy atom. The molecule has 0 bridgehead atoms. The van der Waals surface area contributed by atoms with E-state index >= 15 is 0 Å². The molecule has 3 rings (SSSR count). The van der Waals surface area contributed by atoms with E-state index in [2.05, 4.69) is 5.32 Å². The quantitative estimate of drug-likeness (QED) is 0.738. The molecule has 5 heteroatoms. The second-order valence-corrected chi connectivity index (χ2v) is 5.30. The number of rotatable bonds is 5. The maximum atomic E-state index is 12.1. The van der Waals surface area contributed by atoms with E-state index in [1.807, 2.05) is 0 Å². The Morgan fingerprint density at radius 2 is 2.05 bits per heavy atom. The van der Waals surface area contributed by atoms with Gasteiger partial charge in [0.2, 0.25) is 0 Å². The fourth-order valence-corrected chi connectivity index (χ4v) is 2.31. The molecule has 1 saturated carbocycles. The number of carbonyl (C=O) groups is 1. The zero-order valence-corrected chi connectivity index (χ0v) is 11.5. The lowest BCUT2D eigenvalue weighted by Crippen LogP contribution is -2.26. The monoisotopic (exact) mass is 287 g/mol. The number of hydrogen-bond donors (Lipinski definition) is 3. The summed E-state index contributed by atoms with van der Waals surface area (Å²) in [6.45, 7) is 0.457. The Bertz CT molecular complexity index is 658. The molecule has 110 valence electrons. The van der Waals surface area contributed by atoms with E-state index in [9.17, 15) is 15.0 Å². The van der Waals surface area contributed by atoms with Crippen molar-refractivity contribution >= 4 is 5.91 Å². The van der Waals surface area contributed by atoms with Gasteiger partial charge in [0.05, 0.1) is 11.8 Å². The van der Waals surface area contributed by atoms with Crippen LogP contribution >= 0.6 is 0 Å². The van der Waals surface area contributed by atoms with Crippen LogP contribution in [-0.4, -0.2) is 22.7 Å². The van der Waals surface area contributed by atoms with Gasteiger partial charge < -0.3 is 19.9 Å². The Labute approximate surface area is 122 Å². The number of nitrogens with one attached hydrogen (secondary N) is 1. The number of benzene rings is 1. The van der Waals surface area contributed by atoms with Crippen LogP contribution in [0, 0.1) is 0 Å². The third kappa shape index (κ3) is 3.02. The Morgan fingerprint density at radius 1 is 1.24 bits per heavy atom. The summed E-state index contributed by atoms with van der Waals surface area (Å²) in [6.07, 6.45) is 4.30. The van der Waals surface area contributed by atoms with Crippen molar-refractivity contribution < 1.29 is 19.4 Å². The average molecular weight is 287 g/mol. The van der Waals surface area contributed by atoms with Crippen LogP contribution in [0.3, 0.4) is 0 Å². The lowest BCUT2D eigenvalue weighted by molar-refractivity contribution is 0.0952. The highest BCUT2D eigenvalue weighted by Gasteiger charge is 2.31. The summed E-state index contributed by atoms with van der Waals surface area (Å²) in [6, 6.07) is 6.35. The van der Waals surface area contributed by atoms with Gasteiger partial charge in [-0.25, -0.2) is 0 Å². The highest BCUT2D eigenvalue weighted by atomic mass is 16.3. The topological polar surface area (TPSA) is 82.7 Å². The van der Waals surface area contributed by atoms with E-state index < -0.39 is 0 Å². The molecule has 1 aromatic heterocycles. The number of aromatic hydroxyl groups is 2. The van der Waals surface area contributed by atoms with Gasteiger partial charge in [0.1, 0.15) is 5.76 Å².